The second kappa shape index (κ2) is 7.13. The van der Waals surface area contributed by atoms with Crippen molar-refractivity contribution in [2.75, 3.05) is 13.1 Å². The highest BCUT2D eigenvalue weighted by Crippen LogP contribution is 2.27. The van der Waals surface area contributed by atoms with Crippen LogP contribution in [0.2, 0.25) is 0 Å². The minimum absolute atomic E-state index is 0.0124. The Hall–Kier alpha value is -1.56. The summed E-state index contributed by atoms with van der Waals surface area (Å²) in [5.41, 5.74) is 1.20. The van der Waals surface area contributed by atoms with Crippen LogP contribution in [0.15, 0.2) is 6.07 Å². The monoisotopic (exact) mass is 349 g/mol. The van der Waals surface area contributed by atoms with Crippen LogP contribution in [0, 0.1) is 19.8 Å². The highest BCUT2D eigenvalue weighted by atomic mass is 32.1. The first-order valence-electron chi connectivity index (χ1n) is 8.86. The van der Waals surface area contributed by atoms with Crippen molar-refractivity contribution in [2.45, 2.75) is 58.5 Å². The van der Waals surface area contributed by atoms with Crippen LogP contribution < -0.4 is 10.6 Å². The molecular weight excluding hydrogens is 322 g/mol. The third kappa shape index (κ3) is 4.09. The van der Waals surface area contributed by atoms with Crippen molar-refractivity contribution in [3.05, 3.63) is 21.4 Å². The summed E-state index contributed by atoms with van der Waals surface area (Å²) in [7, 11) is 0. The summed E-state index contributed by atoms with van der Waals surface area (Å²) in [4.78, 5) is 28.9. The molecule has 3 amide bonds. The number of thiophene rings is 1. The third-order valence-corrected chi connectivity index (χ3v) is 5.94. The number of aryl methyl sites for hydroxylation is 2. The molecule has 2 aliphatic rings. The van der Waals surface area contributed by atoms with Crippen LogP contribution in [-0.4, -0.2) is 36.0 Å². The van der Waals surface area contributed by atoms with E-state index < -0.39 is 0 Å². The highest BCUT2D eigenvalue weighted by molar-refractivity contribution is 7.12. The normalized spacial score (nSPS) is 19.9. The highest BCUT2D eigenvalue weighted by Gasteiger charge is 2.31. The first-order valence-corrected chi connectivity index (χ1v) is 9.68. The van der Waals surface area contributed by atoms with Gasteiger partial charge < -0.3 is 15.5 Å². The summed E-state index contributed by atoms with van der Waals surface area (Å²) in [5.74, 6) is 0.240. The van der Waals surface area contributed by atoms with Gasteiger partial charge in [0.15, 0.2) is 0 Å². The Balaban J connectivity index is 1.48. The molecule has 0 spiro atoms. The van der Waals surface area contributed by atoms with Crippen molar-refractivity contribution in [1.29, 1.82) is 0 Å². The number of hydrogen-bond donors (Lipinski definition) is 2. The van der Waals surface area contributed by atoms with Crippen LogP contribution >= 0.6 is 11.3 Å². The average Bonchev–Trinajstić information content (AvgIpc) is 3.29. The number of nitrogens with zero attached hydrogens (tertiary/aromatic N) is 1. The van der Waals surface area contributed by atoms with Crippen molar-refractivity contribution in [2.24, 2.45) is 5.92 Å². The van der Waals surface area contributed by atoms with Crippen LogP contribution in [-0.2, 0) is 4.79 Å². The van der Waals surface area contributed by atoms with E-state index in [1.54, 1.807) is 11.3 Å². The minimum atomic E-state index is -0.0215. The first kappa shape index (κ1) is 17.3. The van der Waals surface area contributed by atoms with Crippen LogP contribution in [0.25, 0.3) is 0 Å². The molecular formula is C18H27N3O2S. The second-order valence-electron chi connectivity index (χ2n) is 7.08. The van der Waals surface area contributed by atoms with Crippen molar-refractivity contribution >= 4 is 23.3 Å². The Bertz CT molecular complexity index is 616. The second-order valence-corrected chi connectivity index (χ2v) is 8.54. The number of amides is 3. The van der Waals surface area contributed by atoms with Gasteiger partial charge in [0, 0.05) is 34.8 Å². The van der Waals surface area contributed by atoms with Gasteiger partial charge in [-0.1, -0.05) is 0 Å². The van der Waals surface area contributed by atoms with E-state index in [9.17, 15) is 9.59 Å². The SMILES string of the molecule is Cc1cc(C(C)NC(=O)N2CCC(C(=O)NC3CC3)CC2)c(C)s1. The molecule has 0 aromatic carbocycles. The zero-order valence-corrected chi connectivity index (χ0v) is 15.5. The molecule has 2 fully saturated rings. The molecule has 6 heteroatoms. The maximum Gasteiger partial charge on any atom is 0.317 e. The standard InChI is InChI=1S/C18H27N3O2S/c1-11-10-16(13(3)24-11)12(2)19-18(23)21-8-6-14(7-9-21)17(22)20-15-4-5-15/h10,12,14-15H,4-9H2,1-3H3,(H,19,23)(H,20,22). The lowest BCUT2D eigenvalue weighted by molar-refractivity contribution is -0.126. The van der Waals surface area contributed by atoms with Gasteiger partial charge in [0.1, 0.15) is 0 Å². The topological polar surface area (TPSA) is 61.4 Å². The van der Waals surface area contributed by atoms with E-state index in [1.165, 1.54) is 15.3 Å². The number of carbonyl (C=O) groups excluding carboxylic acids is 2. The summed E-state index contributed by atoms with van der Waals surface area (Å²) in [5, 5.41) is 6.17. The largest absolute Gasteiger partial charge is 0.353 e. The van der Waals surface area contributed by atoms with Crippen LogP contribution in [0.5, 0.6) is 0 Å². The minimum Gasteiger partial charge on any atom is -0.353 e. The van der Waals surface area contributed by atoms with E-state index in [1.807, 2.05) is 11.8 Å². The van der Waals surface area contributed by atoms with E-state index in [-0.39, 0.29) is 23.9 Å². The van der Waals surface area contributed by atoms with Gasteiger partial charge in [-0.3, -0.25) is 4.79 Å². The van der Waals surface area contributed by atoms with Crippen molar-refractivity contribution in [3.63, 3.8) is 0 Å². The molecule has 1 aliphatic carbocycles. The Kier molecular flexibility index (Phi) is 5.13. The van der Waals surface area contributed by atoms with Crippen LogP contribution in [0.1, 0.15) is 54.0 Å². The quantitative estimate of drug-likeness (QED) is 0.877. The van der Waals surface area contributed by atoms with E-state index in [0.29, 0.717) is 19.1 Å². The van der Waals surface area contributed by atoms with Gasteiger partial charge in [0.25, 0.3) is 0 Å². The van der Waals surface area contributed by atoms with Gasteiger partial charge in [0.2, 0.25) is 5.91 Å². The van der Waals surface area contributed by atoms with Crippen molar-refractivity contribution < 1.29 is 9.59 Å². The molecule has 1 saturated heterocycles. The Morgan fingerprint density at radius 1 is 1.21 bits per heavy atom. The number of hydrogen-bond acceptors (Lipinski definition) is 3. The predicted octanol–water partition coefficient (Wildman–Crippen LogP) is 3.13. The fraction of sp³-hybridized carbons (Fsp3) is 0.667. The molecule has 1 unspecified atom stereocenters. The molecule has 2 heterocycles. The summed E-state index contributed by atoms with van der Waals surface area (Å²) < 4.78 is 0. The number of likely N-dealkylation sites (tertiary alicyclic amines) is 1. The molecule has 3 rings (SSSR count). The molecule has 24 heavy (non-hydrogen) atoms. The Labute approximate surface area is 147 Å². The summed E-state index contributed by atoms with van der Waals surface area (Å²) in [6.45, 7) is 7.53. The molecule has 0 bridgehead atoms. The van der Waals surface area contributed by atoms with E-state index in [0.717, 1.165) is 25.7 Å². The lowest BCUT2D eigenvalue weighted by atomic mass is 9.96. The molecule has 1 saturated carbocycles. The van der Waals surface area contributed by atoms with Crippen LogP contribution in [0.3, 0.4) is 0 Å². The summed E-state index contributed by atoms with van der Waals surface area (Å²) >= 11 is 1.76. The Morgan fingerprint density at radius 3 is 2.42 bits per heavy atom. The average molecular weight is 350 g/mol. The van der Waals surface area contributed by atoms with Gasteiger partial charge >= 0.3 is 6.03 Å². The number of carbonyl (C=O) groups is 2. The lowest BCUT2D eigenvalue weighted by Crippen LogP contribution is -2.47. The molecule has 1 aromatic heterocycles. The molecule has 5 nitrogen and oxygen atoms in total. The zero-order valence-electron chi connectivity index (χ0n) is 14.7. The molecule has 1 aromatic rings. The van der Waals surface area contributed by atoms with Gasteiger partial charge in [-0.2, -0.15) is 0 Å². The maximum absolute atomic E-state index is 12.5. The first-order chi connectivity index (χ1) is 11.4. The lowest BCUT2D eigenvalue weighted by Gasteiger charge is -2.32. The van der Waals surface area contributed by atoms with Crippen molar-refractivity contribution in [1.82, 2.24) is 15.5 Å². The van der Waals surface area contributed by atoms with E-state index in [2.05, 4.69) is 30.5 Å². The summed E-state index contributed by atoms with van der Waals surface area (Å²) in [6.07, 6.45) is 3.76. The number of urea groups is 1. The third-order valence-electron chi connectivity index (χ3n) is 4.96. The zero-order chi connectivity index (χ0) is 17.3. The van der Waals surface area contributed by atoms with Crippen LogP contribution in [0.4, 0.5) is 4.79 Å². The Morgan fingerprint density at radius 2 is 1.88 bits per heavy atom. The predicted molar refractivity (Wildman–Crippen MR) is 96.2 cm³/mol. The van der Waals surface area contributed by atoms with Crippen molar-refractivity contribution in [3.8, 4) is 0 Å². The number of rotatable bonds is 4. The van der Waals surface area contributed by atoms with Gasteiger partial charge in [-0.05, 0) is 58.1 Å². The molecule has 132 valence electrons. The molecule has 0 radical (unpaired) electrons. The fourth-order valence-corrected chi connectivity index (χ4v) is 4.35. The fourth-order valence-electron chi connectivity index (χ4n) is 3.33. The summed E-state index contributed by atoms with van der Waals surface area (Å²) in [6, 6.07) is 2.56. The molecule has 1 atom stereocenters. The van der Waals surface area contributed by atoms with Gasteiger partial charge in [-0.15, -0.1) is 11.3 Å². The van der Waals surface area contributed by atoms with Gasteiger partial charge in [0.05, 0.1) is 6.04 Å². The number of piperidine rings is 1. The van der Waals surface area contributed by atoms with E-state index >= 15 is 0 Å². The molecule has 1 aliphatic heterocycles. The van der Waals surface area contributed by atoms with Gasteiger partial charge in [-0.25, -0.2) is 4.79 Å². The van der Waals surface area contributed by atoms with E-state index in [4.69, 9.17) is 0 Å². The maximum atomic E-state index is 12.5. The smallest absolute Gasteiger partial charge is 0.317 e. The molecule has 2 N–H and O–H groups in total. The number of nitrogens with one attached hydrogen (secondary N) is 2.